The highest BCUT2D eigenvalue weighted by molar-refractivity contribution is 6.24. The summed E-state index contributed by atoms with van der Waals surface area (Å²) in [4.78, 5) is 35.3. The Balaban J connectivity index is 0.000000230. The number of Topliss-reactive ketones (excluding diaryl/α,β-unsaturated/α-hetero) is 1. The van der Waals surface area contributed by atoms with Gasteiger partial charge in [0.05, 0.1) is 24.3 Å². The highest BCUT2D eigenvalue weighted by Gasteiger charge is 2.57. The van der Waals surface area contributed by atoms with Crippen LogP contribution in [0.25, 0.3) is 16.9 Å². The van der Waals surface area contributed by atoms with Gasteiger partial charge in [-0.2, -0.15) is 26.3 Å². The van der Waals surface area contributed by atoms with E-state index in [1.165, 1.54) is 43.3 Å². The molecule has 1 heterocycles. The molecule has 0 spiro atoms. The second-order valence-corrected chi connectivity index (χ2v) is 9.09. The Bertz CT molecular complexity index is 1480. The van der Waals surface area contributed by atoms with Crippen LogP contribution in [0.15, 0.2) is 65.1 Å². The van der Waals surface area contributed by atoms with Crippen molar-refractivity contribution in [3.05, 3.63) is 88.7 Å². The van der Waals surface area contributed by atoms with Crippen LogP contribution in [0.1, 0.15) is 53.6 Å². The quantitative estimate of drug-likeness (QED) is 0.158. The van der Waals surface area contributed by atoms with E-state index in [4.69, 9.17) is 13.9 Å². The van der Waals surface area contributed by atoms with Crippen LogP contribution in [0.5, 0.6) is 0 Å². The molecule has 0 bridgehead atoms. The molecule has 0 saturated carbocycles. The van der Waals surface area contributed by atoms with Crippen molar-refractivity contribution in [2.24, 2.45) is 5.41 Å². The first-order valence-electron chi connectivity index (χ1n) is 12.6. The van der Waals surface area contributed by atoms with Crippen LogP contribution in [0.3, 0.4) is 0 Å². The van der Waals surface area contributed by atoms with E-state index in [0.29, 0.717) is 28.2 Å². The average Bonchev–Trinajstić information content (AvgIpc) is 3.57. The first kappa shape index (κ1) is 32.2. The number of aryl methyl sites for hydroxylation is 1. The summed E-state index contributed by atoms with van der Waals surface area (Å²) in [6.07, 6.45) is -7.38. The van der Waals surface area contributed by atoms with Crippen molar-refractivity contribution in [1.29, 1.82) is 0 Å². The molecule has 1 atom stereocenters. The van der Waals surface area contributed by atoms with Gasteiger partial charge in [0.25, 0.3) is 0 Å². The number of rotatable bonds is 7. The summed E-state index contributed by atoms with van der Waals surface area (Å²) in [5.41, 5.74) is -1.42. The normalized spacial score (nSPS) is 16.1. The first-order chi connectivity index (χ1) is 19.6. The molecule has 1 unspecified atom stereocenters. The lowest BCUT2D eigenvalue weighted by Gasteiger charge is -2.14. The number of esters is 2. The number of benzene rings is 2. The molecule has 0 N–H and O–H groups in total. The maximum atomic E-state index is 12.5. The van der Waals surface area contributed by atoms with Gasteiger partial charge in [0.2, 0.25) is 0 Å². The van der Waals surface area contributed by atoms with Crippen LogP contribution >= 0.6 is 0 Å². The third-order valence-corrected chi connectivity index (χ3v) is 6.29. The molecule has 224 valence electrons. The van der Waals surface area contributed by atoms with Crippen molar-refractivity contribution in [1.82, 2.24) is 0 Å². The number of hydrogen-bond acceptors (Lipinski definition) is 6. The highest BCUT2D eigenvalue weighted by atomic mass is 19.4. The average molecular weight is 597 g/mol. The molecule has 1 aliphatic rings. The predicted octanol–water partition coefficient (Wildman–Crippen LogP) is 7.69. The second kappa shape index (κ2) is 12.3. The summed E-state index contributed by atoms with van der Waals surface area (Å²) >= 11 is 0. The molecule has 0 radical (unpaired) electrons. The SMILES string of the molecule is CCOC(=O)C1(C(C)=O)C=C1c1ccc(C(F)(F)F)cc1.CCOC(=O)c1cc(-c2ccc(C(F)(F)F)cc2)oc1C. The summed E-state index contributed by atoms with van der Waals surface area (Å²) in [5.74, 6) is -0.923. The van der Waals surface area contributed by atoms with E-state index in [-0.39, 0.29) is 18.8 Å². The molecule has 0 amide bonds. The lowest BCUT2D eigenvalue weighted by atomic mass is 9.92. The molecule has 3 aromatic rings. The van der Waals surface area contributed by atoms with Crippen molar-refractivity contribution in [2.45, 2.75) is 40.0 Å². The minimum Gasteiger partial charge on any atom is -0.465 e. The van der Waals surface area contributed by atoms with Gasteiger partial charge in [0.15, 0.2) is 11.2 Å². The zero-order valence-corrected chi connectivity index (χ0v) is 22.9. The van der Waals surface area contributed by atoms with E-state index in [9.17, 15) is 40.7 Å². The second-order valence-electron chi connectivity index (χ2n) is 9.09. The fraction of sp³-hybridized carbons (Fsp3) is 0.300. The molecular weight excluding hydrogens is 570 g/mol. The van der Waals surface area contributed by atoms with Crippen molar-refractivity contribution in [3.63, 3.8) is 0 Å². The fourth-order valence-electron chi connectivity index (χ4n) is 4.04. The van der Waals surface area contributed by atoms with Crippen LogP contribution in [-0.2, 0) is 31.4 Å². The van der Waals surface area contributed by atoms with E-state index >= 15 is 0 Å². The third-order valence-electron chi connectivity index (χ3n) is 6.29. The van der Waals surface area contributed by atoms with Gasteiger partial charge in [-0.1, -0.05) is 24.3 Å². The molecular formula is C30H26F6O6. The van der Waals surface area contributed by atoms with Crippen LogP contribution < -0.4 is 0 Å². The Morgan fingerprint density at radius 3 is 1.69 bits per heavy atom. The standard InChI is InChI=1S/2C15H13F3O3/c1-3-21-13(20)14(9(2)19)8-12(14)10-4-6-11(7-5-10)15(16,17)18;1-3-20-14(19)12-8-13(21-9(12)2)10-4-6-11(7-5-10)15(16,17)18/h2*4-8H,3H2,1-2H3. The molecule has 6 nitrogen and oxygen atoms in total. The number of alkyl halides is 6. The number of hydrogen-bond donors (Lipinski definition) is 0. The van der Waals surface area contributed by atoms with E-state index in [0.717, 1.165) is 24.3 Å². The third kappa shape index (κ3) is 6.92. The zero-order valence-electron chi connectivity index (χ0n) is 22.9. The van der Waals surface area contributed by atoms with Crippen LogP contribution in [0, 0.1) is 12.3 Å². The Hall–Kier alpha value is -4.35. The van der Waals surface area contributed by atoms with Gasteiger partial charge < -0.3 is 13.9 Å². The fourth-order valence-corrected chi connectivity index (χ4v) is 4.04. The molecule has 1 aliphatic carbocycles. The molecule has 12 heteroatoms. The van der Waals surface area contributed by atoms with E-state index < -0.39 is 46.6 Å². The largest absolute Gasteiger partial charge is 0.465 e. The monoisotopic (exact) mass is 596 g/mol. The van der Waals surface area contributed by atoms with Gasteiger partial charge in [0.1, 0.15) is 17.1 Å². The van der Waals surface area contributed by atoms with Crippen LogP contribution in [0.2, 0.25) is 0 Å². The minimum absolute atomic E-state index is 0.127. The van der Waals surface area contributed by atoms with Crippen molar-refractivity contribution in [3.8, 4) is 11.3 Å². The van der Waals surface area contributed by atoms with Crippen molar-refractivity contribution < 1.29 is 54.6 Å². The Morgan fingerprint density at radius 1 is 0.786 bits per heavy atom. The molecule has 0 saturated heterocycles. The van der Waals surface area contributed by atoms with Crippen LogP contribution in [0.4, 0.5) is 26.3 Å². The molecule has 0 fully saturated rings. The molecule has 4 rings (SSSR count). The van der Waals surface area contributed by atoms with Gasteiger partial charge in [-0.15, -0.1) is 0 Å². The van der Waals surface area contributed by atoms with Gasteiger partial charge in [0, 0.05) is 5.56 Å². The Labute approximate surface area is 236 Å². The minimum atomic E-state index is -4.42. The number of ether oxygens (including phenoxy) is 2. The summed E-state index contributed by atoms with van der Waals surface area (Å²) < 4.78 is 90.1. The smallest absolute Gasteiger partial charge is 0.416 e. The number of furan rings is 1. The number of carbonyl (C=O) groups is 3. The number of halogens is 6. The summed E-state index contributed by atoms with van der Waals surface area (Å²) in [5, 5.41) is 0. The Kier molecular flexibility index (Phi) is 9.39. The molecule has 1 aromatic heterocycles. The van der Waals surface area contributed by atoms with Gasteiger partial charge in [-0.05, 0) is 75.2 Å². The number of carbonyl (C=O) groups excluding carboxylic acids is 3. The van der Waals surface area contributed by atoms with Gasteiger partial charge >= 0.3 is 24.3 Å². The Morgan fingerprint density at radius 2 is 1.26 bits per heavy atom. The highest BCUT2D eigenvalue weighted by Crippen LogP contribution is 2.52. The summed E-state index contributed by atoms with van der Waals surface area (Å²) in [6.45, 7) is 6.52. The molecule has 0 aliphatic heterocycles. The maximum absolute atomic E-state index is 12.5. The first-order valence-corrected chi connectivity index (χ1v) is 12.6. The topological polar surface area (TPSA) is 82.8 Å². The molecule has 42 heavy (non-hydrogen) atoms. The van der Waals surface area contributed by atoms with E-state index in [1.807, 2.05) is 0 Å². The van der Waals surface area contributed by atoms with Crippen LogP contribution in [-0.4, -0.2) is 30.9 Å². The summed E-state index contributed by atoms with van der Waals surface area (Å²) in [6, 6.07) is 10.3. The van der Waals surface area contributed by atoms with E-state index in [1.54, 1.807) is 20.8 Å². The zero-order chi connectivity index (χ0) is 31.5. The predicted molar refractivity (Wildman–Crippen MR) is 139 cm³/mol. The van der Waals surface area contributed by atoms with Crippen molar-refractivity contribution in [2.75, 3.05) is 13.2 Å². The van der Waals surface area contributed by atoms with Gasteiger partial charge in [-0.25, -0.2) is 4.79 Å². The lowest BCUT2D eigenvalue weighted by Crippen LogP contribution is -2.29. The molecule has 2 aromatic carbocycles. The number of ketones is 1. The van der Waals surface area contributed by atoms with Crippen molar-refractivity contribution >= 4 is 23.3 Å². The van der Waals surface area contributed by atoms with Gasteiger partial charge in [-0.3, -0.25) is 9.59 Å². The maximum Gasteiger partial charge on any atom is 0.416 e. The lowest BCUT2D eigenvalue weighted by molar-refractivity contribution is -0.151. The summed E-state index contributed by atoms with van der Waals surface area (Å²) in [7, 11) is 0. The van der Waals surface area contributed by atoms with E-state index in [2.05, 4.69) is 0 Å².